The van der Waals surface area contributed by atoms with Gasteiger partial charge in [-0.25, -0.2) is 0 Å². The van der Waals surface area contributed by atoms with E-state index >= 15 is 0 Å². The Morgan fingerprint density at radius 2 is 1.91 bits per heavy atom. The van der Waals surface area contributed by atoms with Crippen LogP contribution in [0, 0.1) is 13.8 Å². The Balaban J connectivity index is 2.10. The van der Waals surface area contributed by atoms with Crippen LogP contribution < -0.4 is 9.64 Å². The second-order valence-electron chi connectivity index (χ2n) is 8.12. The molecule has 0 saturated heterocycles. The molecule has 0 radical (unpaired) electrons. The van der Waals surface area contributed by atoms with Gasteiger partial charge in [0.25, 0.3) is 5.91 Å². The second-order valence-corrected chi connectivity index (χ2v) is 8.53. The van der Waals surface area contributed by atoms with E-state index in [0.717, 1.165) is 28.1 Å². The van der Waals surface area contributed by atoms with Crippen molar-refractivity contribution in [2.45, 2.75) is 26.7 Å². The normalized spacial score (nSPS) is 11.0. The molecule has 0 bridgehead atoms. The molecule has 3 aromatic rings. The van der Waals surface area contributed by atoms with Gasteiger partial charge in [-0.3, -0.25) is 19.6 Å². The van der Waals surface area contributed by atoms with E-state index in [4.69, 9.17) is 21.4 Å². The quantitative estimate of drug-likeness (QED) is 0.310. The molecule has 0 spiro atoms. The zero-order valence-electron chi connectivity index (χ0n) is 20.2. The molecule has 0 aliphatic rings. The third-order valence-corrected chi connectivity index (χ3v) is 5.82. The van der Waals surface area contributed by atoms with E-state index in [2.05, 4.69) is 9.98 Å². The molecule has 0 aliphatic carbocycles. The monoisotopic (exact) mass is 493 g/mol. The number of anilines is 1. The van der Waals surface area contributed by atoms with Gasteiger partial charge in [-0.05, 0) is 44.0 Å². The predicted molar refractivity (Wildman–Crippen MR) is 139 cm³/mol. The zero-order valence-corrected chi connectivity index (χ0v) is 21.0. The van der Waals surface area contributed by atoms with Crippen LogP contribution >= 0.6 is 11.6 Å². The van der Waals surface area contributed by atoms with E-state index in [1.165, 1.54) is 0 Å². The smallest absolute Gasteiger partial charge is 0.303 e. The third-order valence-electron chi connectivity index (χ3n) is 5.50. The Hall–Kier alpha value is -3.71. The van der Waals surface area contributed by atoms with Crippen molar-refractivity contribution in [3.8, 4) is 16.9 Å². The predicted octanol–water partition coefficient (Wildman–Crippen LogP) is 5.59. The molecular formula is C27H28ClN3O4. The van der Waals surface area contributed by atoms with Crippen molar-refractivity contribution in [3.05, 3.63) is 76.1 Å². The summed E-state index contributed by atoms with van der Waals surface area (Å²) in [7, 11) is 3.39. The van der Waals surface area contributed by atoms with Crippen LogP contribution in [-0.4, -0.2) is 48.9 Å². The Morgan fingerprint density at radius 3 is 2.60 bits per heavy atom. The lowest BCUT2D eigenvalue weighted by Crippen LogP contribution is -2.27. The van der Waals surface area contributed by atoms with E-state index in [1.54, 1.807) is 43.5 Å². The number of hydrogen-bond acceptors (Lipinski definition) is 5. The van der Waals surface area contributed by atoms with Gasteiger partial charge in [0.2, 0.25) is 0 Å². The minimum absolute atomic E-state index is 0.0348. The van der Waals surface area contributed by atoms with Crippen LogP contribution in [0.15, 0.2) is 53.7 Å². The number of carboxylic acids is 1. The first-order chi connectivity index (χ1) is 16.7. The van der Waals surface area contributed by atoms with Crippen molar-refractivity contribution in [3.63, 3.8) is 0 Å². The largest absolute Gasteiger partial charge is 0.493 e. The van der Waals surface area contributed by atoms with Gasteiger partial charge in [-0.1, -0.05) is 29.8 Å². The van der Waals surface area contributed by atoms with E-state index in [0.29, 0.717) is 28.3 Å². The van der Waals surface area contributed by atoms with Gasteiger partial charge in [0.05, 0.1) is 17.2 Å². The minimum atomic E-state index is -0.908. The van der Waals surface area contributed by atoms with Crippen LogP contribution in [0.2, 0.25) is 5.02 Å². The summed E-state index contributed by atoms with van der Waals surface area (Å²) in [5.74, 6) is -0.897. The van der Waals surface area contributed by atoms with E-state index < -0.39 is 5.97 Å². The minimum Gasteiger partial charge on any atom is -0.493 e. The first-order valence-electron chi connectivity index (χ1n) is 11.1. The average molecular weight is 494 g/mol. The molecule has 3 rings (SSSR count). The fourth-order valence-electron chi connectivity index (χ4n) is 3.74. The lowest BCUT2D eigenvalue weighted by Gasteiger charge is -2.22. The van der Waals surface area contributed by atoms with Gasteiger partial charge in [-0.15, -0.1) is 0 Å². The van der Waals surface area contributed by atoms with Gasteiger partial charge in [0.15, 0.2) is 0 Å². The number of benzene rings is 2. The first-order valence-corrected chi connectivity index (χ1v) is 11.5. The number of aliphatic imine (C=N–C) groups is 1. The number of hydrogen-bond donors (Lipinski definition) is 1. The number of rotatable bonds is 9. The number of halogens is 1. The first kappa shape index (κ1) is 25.9. The van der Waals surface area contributed by atoms with Crippen molar-refractivity contribution >= 4 is 35.4 Å². The van der Waals surface area contributed by atoms with Gasteiger partial charge in [0.1, 0.15) is 5.75 Å². The molecule has 1 heterocycles. The fraction of sp³-hybridized carbons (Fsp3) is 0.259. The summed E-state index contributed by atoms with van der Waals surface area (Å²) < 4.78 is 5.86. The molecular weight excluding hydrogens is 466 g/mol. The number of carbonyl (C=O) groups excluding carboxylic acids is 1. The molecule has 0 atom stereocenters. The molecule has 1 amide bonds. The van der Waals surface area contributed by atoms with Crippen LogP contribution in [0.25, 0.3) is 11.1 Å². The van der Waals surface area contributed by atoms with E-state index in [1.807, 2.05) is 44.2 Å². The summed E-state index contributed by atoms with van der Waals surface area (Å²) in [5.41, 5.74) is 5.03. The number of ether oxygens (including phenoxy) is 1. The highest BCUT2D eigenvalue weighted by atomic mass is 35.5. The van der Waals surface area contributed by atoms with Gasteiger partial charge >= 0.3 is 5.97 Å². The SMILES string of the molecule is C/N=C\c1cc(C)ncc1-c1cc(C(=O)N(C)c2ccccc2C)c(OCCCC(=O)O)cc1Cl. The van der Waals surface area contributed by atoms with Crippen molar-refractivity contribution in [2.75, 3.05) is 25.6 Å². The van der Waals surface area contributed by atoms with Gasteiger partial charge in [0, 0.05) is 67.1 Å². The molecule has 0 saturated carbocycles. The number of aromatic nitrogens is 1. The summed E-state index contributed by atoms with van der Waals surface area (Å²) in [6.07, 6.45) is 3.69. The lowest BCUT2D eigenvalue weighted by molar-refractivity contribution is -0.137. The second kappa shape index (κ2) is 11.6. The molecule has 1 N–H and O–H groups in total. The lowest BCUT2D eigenvalue weighted by atomic mass is 9.98. The summed E-state index contributed by atoms with van der Waals surface area (Å²) in [5, 5.41) is 9.30. The number of aryl methyl sites for hydroxylation is 2. The number of carbonyl (C=O) groups is 2. The van der Waals surface area contributed by atoms with Crippen LogP contribution in [0.1, 0.15) is 40.0 Å². The fourth-order valence-corrected chi connectivity index (χ4v) is 3.99. The maximum atomic E-state index is 13.7. The Morgan fingerprint density at radius 1 is 1.17 bits per heavy atom. The molecule has 8 heteroatoms. The number of amides is 1. The molecule has 7 nitrogen and oxygen atoms in total. The van der Waals surface area contributed by atoms with Crippen LogP contribution in [-0.2, 0) is 4.79 Å². The maximum Gasteiger partial charge on any atom is 0.303 e. The van der Waals surface area contributed by atoms with E-state index in [9.17, 15) is 9.59 Å². The van der Waals surface area contributed by atoms with Crippen LogP contribution in [0.5, 0.6) is 5.75 Å². The number of para-hydroxylation sites is 1. The standard InChI is InChI=1S/C27H28ClN3O4/c1-17-8-5-6-9-24(17)31(4)27(34)21-13-20(22-16-30-18(2)12-19(22)15-29-3)23(28)14-25(21)35-11-7-10-26(32)33/h5-6,8-9,12-16H,7,10-11H2,1-4H3,(H,32,33)/b29-15-. The molecule has 35 heavy (non-hydrogen) atoms. The topological polar surface area (TPSA) is 92.1 Å². The zero-order chi connectivity index (χ0) is 25.5. The highest BCUT2D eigenvalue weighted by Gasteiger charge is 2.23. The average Bonchev–Trinajstić information content (AvgIpc) is 2.82. The number of nitrogens with zero attached hydrogens (tertiary/aromatic N) is 3. The molecule has 0 aliphatic heterocycles. The molecule has 2 aromatic carbocycles. The highest BCUT2D eigenvalue weighted by Crippen LogP contribution is 2.37. The van der Waals surface area contributed by atoms with Gasteiger partial charge < -0.3 is 14.7 Å². The third kappa shape index (κ3) is 6.25. The highest BCUT2D eigenvalue weighted by molar-refractivity contribution is 6.34. The summed E-state index contributed by atoms with van der Waals surface area (Å²) in [4.78, 5) is 34.7. The Kier molecular flexibility index (Phi) is 8.60. The van der Waals surface area contributed by atoms with Crippen LogP contribution in [0.3, 0.4) is 0 Å². The van der Waals surface area contributed by atoms with Gasteiger partial charge in [-0.2, -0.15) is 0 Å². The molecule has 1 aromatic heterocycles. The van der Waals surface area contributed by atoms with Crippen molar-refractivity contribution in [1.29, 1.82) is 0 Å². The summed E-state index contributed by atoms with van der Waals surface area (Å²) >= 11 is 6.67. The van der Waals surface area contributed by atoms with Crippen LogP contribution in [0.4, 0.5) is 5.69 Å². The molecule has 0 unspecified atom stereocenters. The molecule has 0 fully saturated rings. The molecule has 182 valence electrons. The summed E-state index contributed by atoms with van der Waals surface area (Å²) in [6.45, 7) is 3.96. The number of carboxylic acid groups (broad SMARTS) is 1. The van der Waals surface area contributed by atoms with Crippen molar-refractivity contribution < 1.29 is 19.4 Å². The number of aliphatic carboxylic acids is 1. The van der Waals surface area contributed by atoms with Crippen molar-refractivity contribution in [2.24, 2.45) is 4.99 Å². The van der Waals surface area contributed by atoms with E-state index in [-0.39, 0.29) is 18.9 Å². The maximum absolute atomic E-state index is 13.7. The van der Waals surface area contributed by atoms with Crippen molar-refractivity contribution in [1.82, 2.24) is 4.98 Å². The number of pyridine rings is 1. The summed E-state index contributed by atoms with van der Waals surface area (Å²) in [6, 6.07) is 12.8. The Bertz CT molecular complexity index is 1270. The Labute approximate surface area is 210 Å².